The first kappa shape index (κ1) is 11.6. The van der Waals surface area contributed by atoms with Gasteiger partial charge < -0.3 is 5.73 Å². The van der Waals surface area contributed by atoms with E-state index in [1.54, 1.807) is 0 Å². The zero-order chi connectivity index (χ0) is 10.9. The number of rotatable bonds is 1. The summed E-state index contributed by atoms with van der Waals surface area (Å²) in [6.45, 7) is 0. The zero-order valence-corrected chi connectivity index (χ0v) is 8.29. The summed E-state index contributed by atoms with van der Waals surface area (Å²) in [5.41, 5.74) is 4.86. The van der Waals surface area contributed by atoms with Crippen LogP contribution < -0.4 is 5.73 Å². The lowest BCUT2D eigenvalue weighted by atomic mass is 10.1. The van der Waals surface area contributed by atoms with E-state index < -0.39 is 12.2 Å². The lowest BCUT2D eigenvalue weighted by molar-refractivity contribution is -0.149. The van der Waals surface area contributed by atoms with Crippen LogP contribution in [-0.2, 0) is 0 Å². The maximum Gasteiger partial charge on any atom is 0.407 e. The smallest absolute Gasteiger partial charge is 0.316 e. The van der Waals surface area contributed by atoms with Gasteiger partial charge in [-0.05, 0) is 17.7 Å². The molecule has 0 saturated heterocycles. The fourth-order valence-electron chi connectivity index (χ4n) is 0.895. The van der Waals surface area contributed by atoms with Crippen LogP contribution in [0.4, 0.5) is 13.2 Å². The summed E-state index contributed by atoms with van der Waals surface area (Å²) in [6, 6.07) is 1.57. The molecule has 1 aromatic carbocycles. The van der Waals surface area contributed by atoms with Gasteiger partial charge >= 0.3 is 6.18 Å². The third-order valence-corrected chi connectivity index (χ3v) is 2.39. The van der Waals surface area contributed by atoms with Crippen LogP contribution in [0, 0.1) is 0 Å². The van der Waals surface area contributed by atoms with E-state index in [2.05, 4.69) is 0 Å². The fourth-order valence-corrected chi connectivity index (χ4v) is 1.20. The van der Waals surface area contributed by atoms with Crippen molar-refractivity contribution < 1.29 is 13.2 Å². The second-order valence-corrected chi connectivity index (χ2v) is 3.51. The van der Waals surface area contributed by atoms with Crippen LogP contribution >= 0.6 is 23.2 Å². The van der Waals surface area contributed by atoms with Crippen molar-refractivity contribution in [2.75, 3.05) is 0 Å². The SMILES string of the molecule is N[C@H](c1ccc(Cl)c(Cl)c1)C(F)(F)F. The Bertz CT molecular complexity index is 338. The highest BCUT2D eigenvalue weighted by atomic mass is 35.5. The Kier molecular flexibility index (Phi) is 3.29. The minimum Gasteiger partial charge on any atom is -0.316 e. The van der Waals surface area contributed by atoms with Gasteiger partial charge in [0.1, 0.15) is 6.04 Å². The van der Waals surface area contributed by atoms with E-state index >= 15 is 0 Å². The predicted octanol–water partition coefficient (Wildman–Crippen LogP) is 3.56. The molecule has 0 heterocycles. The summed E-state index contributed by atoms with van der Waals surface area (Å²) in [5.74, 6) is 0. The van der Waals surface area contributed by atoms with Gasteiger partial charge in [0.15, 0.2) is 0 Å². The van der Waals surface area contributed by atoms with Gasteiger partial charge in [0.05, 0.1) is 10.0 Å². The zero-order valence-electron chi connectivity index (χ0n) is 6.78. The molecule has 78 valence electrons. The summed E-state index contributed by atoms with van der Waals surface area (Å²) >= 11 is 11.1. The molecule has 0 amide bonds. The van der Waals surface area contributed by atoms with Gasteiger partial charge in [0.2, 0.25) is 0 Å². The van der Waals surface area contributed by atoms with Crippen LogP contribution in [-0.4, -0.2) is 6.18 Å². The molecule has 0 aromatic heterocycles. The minimum absolute atomic E-state index is 0.0591. The first-order valence-electron chi connectivity index (χ1n) is 3.59. The molecule has 1 rings (SSSR count). The molecule has 0 aliphatic heterocycles. The van der Waals surface area contributed by atoms with E-state index in [0.717, 1.165) is 6.07 Å². The van der Waals surface area contributed by atoms with Gasteiger partial charge in [0.25, 0.3) is 0 Å². The van der Waals surface area contributed by atoms with Crippen molar-refractivity contribution >= 4 is 23.2 Å². The Hall–Kier alpha value is -0.450. The van der Waals surface area contributed by atoms with Crippen LogP contribution in [0.25, 0.3) is 0 Å². The molecule has 0 aliphatic carbocycles. The van der Waals surface area contributed by atoms with E-state index in [0.29, 0.717) is 0 Å². The van der Waals surface area contributed by atoms with Gasteiger partial charge in [0, 0.05) is 0 Å². The maximum absolute atomic E-state index is 12.2. The number of benzene rings is 1. The summed E-state index contributed by atoms with van der Waals surface area (Å²) in [7, 11) is 0. The third-order valence-electron chi connectivity index (χ3n) is 1.66. The molecular formula is C8H6Cl2F3N. The Morgan fingerprint density at radius 2 is 1.71 bits per heavy atom. The maximum atomic E-state index is 12.2. The topological polar surface area (TPSA) is 26.0 Å². The van der Waals surface area contributed by atoms with Gasteiger partial charge in [-0.3, -0.25) is 0 Å². The number of hydrogen-bond acceptors (Lipinski definition) is 1. The van der Waals surface area contributed by atoms with Crippen molar-refractivity contribution in [3.63, 3.8) is 0 Å². The summed E-state index contributed by atoms with van der Waals surface area (Å²) < 4.78 is 36.5. The van der Waals surface area contributed by atoms with Crippen LogP contribution in [0.15, 0.2) is 18.2 Å². The van der Waals surface area contributed by atoms with Crippen molar-refractivity contribution in [3.05, 3.63) is 33.8 Å². The Balaban J connectivity index is 3.03. The predicted molar refractivity (Wildman–Crippen MR) is 49.4 cm³/mol. The first-order valence-corrected chi connectivity index (χ1v) is 4.35. The molecule has 0 aliphatic rings. The van der Waals surface area contributed by atoms with Crippen molar-refractivity contribution in [3.8, 4) is 0 Å². The molecule has 0 unspecified atom stereocenters. The Morgan fingerprint density at radius 1 is 1.14 bits per heavy atom. The second kappa shape index (κ2) is 3.96. The fraction of sp³-hybridized carbons (Fsp3) is 0.250. The lowest BCUT2D eigenvalue weighted by Gasteiger charge is -2.16. The lowest BCUT2D eigenvalue weighted by Crippen LogP contribution is -2.28. The van der Waals surface area contributed by atoms with Gasteiger partial charge in [-0.2, -0.15) is 13.2 Å². The number of halogens is 5. The summed E-state index contributed by atoms with van der Waals surface area (Å²) in [5, 5.41) is 0.258. The molecule has 0 fully saturated rings. The molecule has 1 aromatic rings. The highest BCUT2D eigenvalue weighted by Gasteiger charge is 2.37. The van der Waals surface area contributed by atoms with Crippen molar-refractivity contribution in [1.29, 1.82) is 0 Å². The van der Waals surface area contributed by atoms with Crippen molar-refractivity contribution in [2.24, 2.45) is 5.73 Å². The molecule has 2 N–H and O–H groups in total. The van der Waals surface area contributed by atoms with Crippen LogP contribution in [0.1, 0.15) is 11.6 Å². The standard InChI is InChI=1S/C8H6Cl2F3N/c9-5-2-1-4(3-6(5)10)7(14)8(11,12)13/h1-3,7H,14H2/t7-/m1/s1. The number of nitrogens with two attached hydrogens (primary N) is 1. The molecule has 0 bridgehead atoms. The number of hydrogen-bond donors (Lipinski definition) is 1. The quantitative estimate of drug-likeness (QED) is 0.802. The molecule has 1 atom stereocenters. The van der Waals surface area contributed by atoms with Crippen LogP contribution in [0.5, 0.6) is 0 Å². The average Bonchev–Trinajstić information content (AvgIpc) is 2.07. The normalized spacial score (nSPS) is 14.1. The van der Waals surface area contributed by atoms with Crippen molar-refractivity contribution in [2.45, 2.75) is 12.2 Å². The monoisotopic (exact) mass is 243 g/mol. The molecule has 6 heteroatoms. The third kappa shape index (κ3) is 2.53. The Morgan fingerprint density at radius 3 is 2.14 bits per heavy atom. The minimum atomic E-state index is -4.48. The molecule has 1 nitrogen and oxygen atoms in total. The number of alkyl halides is 3. The van der Waals surface area contributed by atoms with Crippen LogP contribution in [0.3, 0.4) is 0 Å². The largest absolute Gasteiger partial charge is 0.407 e. The highest BCUT2D eigenvalue weighted by molar-refractivity contribution is 6.42. The molecule has 0 radical (unpaired) electrons. The van der Waals surface area contributed by atoms with Gasteiger partial charge in [-0.25, -0.2) is 0 Å². The van der Waals surface area contributed by atoms with Gasteiger partial charge in [-0.15, -0.1) is 0 Å². The van der Waals surface area contributed by atoms with E-state index in [1.165, 1.54) is 12.1 Å². The first-order chi connectivity index (χ1) is 6.32. The molecular weight excluding hydrogens is 238 g/mol. The average molecular weight is 244 g/mol. The van der Waals surface area contributed by atoms with E-state index in [-0.39, 0.29) is 15.6 Å². The summed E-state index contributed by atoms with van der Waals surface area (Å²) in [6.07, 6.45) is -4.48. The Labute approximate surface area is 88.6 Å². The second-order valence-electron chi connectivity index (χ2n) is 2.69. The van der Waals surface area contributed by atoms with E-state index in [4.69, 9.17) is 28.9 Å². The van der Waals surface area contributed by atoms with E-state index in [9.17, 15) is 13.2 Å². The van der Waals surface area contributed by atoms with Gasteiger partial charge in [-0.1, -0.05) is 29.3 Å². The summed E-state index contributed by atoms with van der Waals surface area (Å²) in [4.78, 5) is 0. The molecule has 0 spiro atoms. The highest BCUT2D eigenvalue weighted by Crippen LogP contribution is 2.33. The van der Waals surface area contributed by atoms with Crippen molar-refractivity contribution in [1.82, 2.24) is 0 Å². The molecule has 14 heavy (non-hydrogen) atoms. The van der Waals surface area contributed by atoms with E-state index in [1.807, 2.05) is 0 Å². The van der Waals surface area contributed by atoms with Crippen LogP contribution in [0.2, 0.25) is 10.0 Å². The molecule has 0 saturated carbocycles.